The first-order valence-electron chi connectivity index (χ1n) is 22.3. The summed E-state index contributed by atoms with van der Waals surface area (Å²) in [6.45, 7) is 0.351. The average molecular weight is 821 g/mol. The number of phenolic OH excluding ortho intramolecular Hbond substituents is 2. The van der Waals surface area contributed by atoms with Crippen molar-refractivity contribution in [3.8, 4) is 29.1 Å². The summed E-state index contributed by atoms with van der Waals surface area (Å²) in [4.78, 5) is 30.3. The summed E-state index contributed by atoms with van der Waals surface area (Å²) in [5.41, 5.74) is 14.5. The van der Waals surface area contributed by atoms with Crippen LogP contribution in [0.2, 0.25) is 0 Å². The number of guanidine groups is 1. The molecule has 1 heterocycles. The van der Waals surface area contributed by atoms with Gasteiger partial charge in [-0.1, -0.05) is 56.1 Å². The molecule has 1 saturated heterocycles. The molecule has 3 aromatic carbocycles. The van der Waals surface area contributed by atoms with E-state index in [9.17, 15) is 30.0 Å². The lowest BCUT2D eigenvalue weighted by Crippen LogP contribution is -2.63. The number of piperidine rings is 1. The maximum atomic E-state index is 13.8. The molecule has 0 amide bonds. The van der Waals surface area contributed by atoms with Gasteiger partial charge in [-0.2, -0.15) is 0 Å². The first-order chi connectivity index (χ1) is 28.9. The quantitative estimate of drug-likeness (QED) is 0.0394. The number of nitrogens with zero attached hydrogens (tertiary/aromatic N) is 1. The Balaban J connectivity index is 1.06. The average Bonchev–Trinajstić information content (AvgIpc) is 3.29. The third kappa shape index (κ3) is 10.1. The lowest BCUT2D eigenvalue weighted by molar-refractivity contribution is -0.124. The third-order valence-corrected chi connectivity index (χ3v) is 14.1. The van der Waals surface area contributed by atoms with Crippen molar-refractivity contribution < 1.29 is 34.8 Å². The van der Waals surface area contributed by atoms with Crippen LogP contribution in [0.15, 0.2) is 47.5 Å². The number of aliphatic hydroxyl groups is 2. The highest BCUT2D eigenvalue weighted by Gasteiger charge is 2.48. The van der Waals surface area contributed by atoms with Crippen LogP contribution in [-0.2, 0) is 22.4 Å². The summed E-state index contributed by atoms with van der Waals surface area (Å²) in [6, 6.07) is 12.7. The van der Waals surface area contributed by atoms with Crippen molar-refractivity contribution >= 4 is 28.3 Å². The zero-order valence-electron chi connectivity index (χ0n) is 35.1. The monoisotopic (exact) mass is 820 g/mol. The molecule has 0 unspecified atom stereocenters. The smallest absolute Gasteiger partial charge is 0.185 e. The number of carbonyl (C=O) groups excluding carboxylic acids is 2. The Kier molecular flexibility index (Phi) is 14.0. The molecule has 11 nitrogen and oxygen atoms in total. The number of phenols is 2. The molecule has 11 heteroatoms. The van der Waals surface area contributed by atoms with Gasteiger partial charge in [0.05, 0.1) is 19.3 Å². The molecule has 322 valence electrons. The normalized spacial score (nSPS) is 24.8. The Hall–Kier alpha value is -4.63. The fraction of sp³-hybridized carbons (Fsp3) is 0.571. The molecule has 0 bridgehead atoms. The number of Topliss-reactive ketones (excluding diaryl/α,β-unsaturated/α-hetero) is 2. The third-order valence-electron chi connectivity index (χ3n) is 14.1. The summed E-state index contributed by atoms with van der Waals surface area (Å²) < 4.78 is 5.45. The molecule has 3 fully saturated rings. The number of aryl methyl sites for hydroxylation is 1. The number of methoxy groups -OCH3 is 1. The number of nitrogens with two attached hydrogens (primary N) is 2. The molecule has 7 atom stereocenters. The number of benzene rings is 3. The predicted molar refractivity (Wildman–Crippen MR) is 234 cm³/mol. The zero-order valence-corrected chi connectivity index (χ0v) is 35.1. The van der Waals surface area contributed by atoms with Crippen LogP contribution in [0.25, 0.3) is 10.8 Å². The van der Waals surface area contributed by atoms with E-state index in [1.165, 1.54) is 45.6 Å². The van der Waals surface area contributed by atoms with Gasteiger partial charge in [-0.25, -0.2) is 0 Å². The number of unbranched alkanes of at least 4 members (excludes halogenated alkanes) is 1. The molecular formula is C49H64N4O7. The van der Waals surface area contributed by atoms with Crippen LogP contribution in [0.5, 0.6) is 17.2 Å². The van der Waals surface area contributed by atoms with Gasteiger partial charge in [-0.3, -0.25) is 14.6 Å². The van der Waals surface area contributed by atoms with E-state index in [0.717, 1.165) is 53.1 Å². The second kappa shape index (κ2) is 19.4. The molecule has 2 saturated carbocycles. The van der Waals surface area contributed by atoms with Crippen LogP contribution < -0.4 is 21.5 Å². The van der Waals surface area contributed by atoms with Crippen LogP contribution >= 0.6 is 0 Å². The van der Waals surface area contributed by atoms with Crippen molar-refractivity contribution in [3.05, 3.63) is 64.7 Å². The summed E-state index contributed by atoms with van der Waals surface area (Å²) in [5.74, 6) is 7.13. The lowest BCUT2D eigenvalue weighted by atomic mass is 9.62. The second-order valence-electron chi connectivity index (χ2n) is 18.0. The molecule has 4 aliphatic rings. The van der Waals surface area contributed by atoms with E-state index in [1.807, 2.05) is 18.2 Å². The van der Waals surface area contributed by atoms with E-state index in [2.05, 4.69) is 22.2 Å². The zero-order chi connectivity index (χ0) is 42.4. The van der Waals surface area contributed by atoms with Crippen LogP contribution in [-0.4, -0.2) is 69.3 Å². The van der Waals surface area contributed by atoms with Gasteiger partial charge < -0.3 is 41.9 Å². The lowest BCUT2D eigenvalue weighted by Gasteiger charge is -2.54. The van der Waals surface area contributed by atoms with E-state index < -0.39 is 24.0 Å². The SMILES string of the molecule is COc1cc2c(cc1O)[C@H](CC[C@H](O)c1cc(CCN=C(N)N)c3cc(O)ccc3c1)C#C[C@H]([C@H](O)CCCC[C@H]1C[C@H]3CCC(=O)C[C@H]3NC13CCCCC3)C(=O)CC2. The van der Waals surface area contributed by atoms with Gasteiger partial charge in [-0.15, -0.1) is 0 Å². The van der Waals surface area contributed by atoms with Crippen LogP contribution in [0.4, 0.5) is 0 Å². The summed E-state index contributed by atoms with van der Waals surface area (Å²) in [6.07, 6.45) is 13.0. The first-order valence-corrected chi connectivity index (χ1v) is 22.3. The summed E-state index contributed by atoms with van der Waals surface area (Å²) >= 11 is 0. The minimum atomic E-state index is -0.906. The Morgan fingerprint density at radius 2 is 1.78 bits per heavy atom. The number of ketones is 2. The number of aromatic hydroxyl groups is 2. The van der Waals surface area contributed by atoms with Gasteiger partial charge >= 0.3 is 0 Å². The van der Waals surface area contributed by atoms with Crippen molar-refractivity contribution in [2.45, 2.75) is 145 Å². The van der Waals surface area contributed by atoms with Crippen molar-refractivity contribution in [1.29, 1.82) is 0 Å². The Labute approximate surface area is 354 Å². The highest BCUT2D eigenvalue weighted by molar-refractivity contribution is 5.88. The van der Waals surface area contributed by atoms with E-state index in [0.29, 0.717) is 86.5 Å². The number of hydrogen-bond acceptors (Lipinski definition) is 9. The first kappa shape index (κ1) is 43.5. The van der Waals surface area contributed by atoms with E-state index in [-0.39, 0.29) is 35.2 Å². The fourth-order valence-corrected chi connectivity index (χ4v) is 10.9. The largest absolute Gasteiger partial charge is 0.508 e. The number of nitrogens with one attached hydrogen (secondary N) is 1. The number of aliphatic hydroxyl groups excluding tert-OH is 2. The number of aliphatic imine (C=N–C) groups is 1. The maximum absolute atomic E-state index is 13.8. The Morgan fingerprint density at radius 1 is 0.967 bits per heavy atom. The molecule has 9 N–H and O–H groups in total. The molecular weight excluding hydrogens is 757 g/mol. The van der Waals surface area contributed by atoms with Gasteiger partial charge in [0.2, 0.25) is 0 Å². The van der Waals surface area contributed by atoms with Gasteiger partial charge in [-0.05, 0) is 139 Å². The number of carbonyl (C=O) groups is 2. The topological polar surface area (TPSA) is 201 Å². The van der Waals surface area contributed by atoms with Crippen molar-refractivity contribution in [2.75, 3.05) is 13.7 Å². The van der Waals surface area contributed by atoms with Gasteiger partial charge in [0.25, 0.3) is 0 Å². The highest BCUT2D eigenvalue weighted by atomic mass is 16.5. The minimum Gasteiger partial charge on any atom is -0.508 e. The molecule has 0 aromatic heterocycles. The number of ether oxygens (including phenoxy) is 1. The molecule has 60 heavy (non-hydrogen) atoms. The van der Waals surface area contributed by atoms with Crippen LogP contribution in [0.3, 0.4) is 0 Å². The van der Waals surface area contributed by atoms with E-state index >= 15 is 0 Å². The van der Waals surface area contributed by atoms with E-state index in [1.54, 1.807) is 24.3 Å². The maximum Gasteiger partial charge on any atom is 0.185 e. The predicted octanol–water partition coefficient (Wildman–Crippen LogP) is 6.78. The number of fused-ring (bicyclic) bond motifs is 3. The molecule has 7 rings (SSSR count). The molecule has 3 aliphatic carbocycles. The highest BCUT2D eigenvalue weighted by Crippen LogP contribution is 2.47. The minimum absolute atomic E-state index is 0.00668. The van der Waals surface area contributed by atoms with Gasteiger partial charge in [0.1, 0.15) is 17.5 Å². The Morgan fingerprint density at radius 3 is 2.57 bits per heavy atom. The van der Waals surface area contributed by atoms with Gasteiger partial charge in [0, 0.05) is 43.3 Å². The van der Waals surface area contributed by atoms with Crippen molar-refractivity contribution in [2.24, 2.45) is 34.2 Å². The second-order valence-corrected chi connectivity index (χ2v) is 18.0. The van der Waals surface area contributed by atoms with Gasteiger partial charge in [0.15, 0.2) is 23.2 Å². The fourth-order valence-electron chi connectivity index (χ4n) is 10.9. The van der Waals surface area contributed by atoms with Crippen LogP contribution in [0.1, 0.15) is 137 Å². The molecule has 3 aromatic rings. The van der Waals surface area contributed by atoms with Crippen molar-refractivity contribution in [1.82, 2.24) is 5.32 Å². The Bertz CT molecular complexity index is 2110. The van der Waals surface area contributed by atoms with E-state index in [4.69, 9.17) is 16.2 Å². The van der Waals surface area contributed by atoms with Crippen molar-refractivity contribution in [3.63, 3.8) is 0 Å². The standard InChI is InChI=1S/C49H64N4O7/c1-60-47-26-32-13-18-45(58)39(44(57)8-4-3-7-36-25-34-10-15-38(55)28-42(34)53-49(36)20-5-2-6-21-49)16-11-30(41(32)29-46(47)59)12-17-43(56)35-23-31-9-14-37(54)27-40(31)33(24-35)19-22-52-48(50)51/h9,14,23-24,26-27,29-30,34,36,39,42-44,53-54,56-57,59H,2-8,10,12-13,15,17-22,25,28H2,1H3,(H4,50,51,52)/t30-,34+,36-,39+,42+,43-,44+/m0/s1. The summed E-state index contributed by atoms with van der Waals surface area (Å²) in [5, 5.41) is 50.2. The number of hydrogen-bond donors (Lipinski definition) is 7. The summed E-state index contributed by atoms with van der Waals surface area (Å²) in [7, 11) is 1.49. The molecule has 1 aliphatic heterocycles. The molecule has 1 spiro atoms. The van der Waals surface area contributed by atoms with Crippen LogP contribution in [0, 0.1) is 29.6 Å². The molecule has 0 radical (unpaired) electrons. The number of rotatable bonds is 14.